The van der Waals surface area contributed by atoms with Gasteiger partial charge in [-0.2, -0.15) is 0 Å². The molecule has 0 aromatic heterocycles. The maximum Gasteiger partial charge on any atom is 0.410 e. The fourth-order valence-corrected chi connectivity index (χ4v) is 7.45. The van der Waals surface area contributed by atoms with Crippen LogP contribution in [0.3, 0.4) is 0 Å². The molecule has 0 aliphatic carbocycles. The van der Waals surface area contributed by atoms with Crippen molar-refractivity contribution in [2.45, 2.75) is 264 Å². The van der Waals surface area contributed by atoms with E-state index in [0.29, 0.717) is 19.3 Å². The van der Waals surface area contributed by atoms with Crippen molar-refractivity contribution < 1.29 is 28.6 Å². The molecule has 1 saturated heterocycles. The first-order chi connectivity index (χ1) is 25.7. The summed E-state index contributed by atoms with van der Waals surface area (Å²) in [6.07, 6.45) is 39.0. The van der Waals surface area contributed by atoms with E-state index in [0.717, 1.165) is 38.5 Å². The molecule has 1 heterocycles. The fourth-order valence-electron chi connectivity index (χ4n) is 7.45. The predicted octanol–water partition coefficient (Wildman–Crippen LogP) is 14.0. The standard InChI is InChI=1S/C46H87NO6/c1-6-8-10-12-14-16-18-20-22-24-26-28-30-32-34-36-43(48)51-40-41-38-42(39-47(41)45(50)53-46(3,4)5)52-44(49)37-35-33-31-29-27-25-23-21-19-17-15-13-11-9-7-2/h41-42H,6-40H2,1-5H3/t41-,42+/m0/s1. The minimum absolute atomic E-state index is 0.101. The minimum atomic E-state index is -0.645. The lowest BCUT2D eigenvalue weighted by Crippen LogP contribution is -2.42. The Bertz CT molecular complexity index is 886. The fraction of sp³-hybridized carbons (Fsp3) is 0.935. The van der Waals surface area contributed by atoms with Crippen LogP contribution < -0.4 is 0 Å². The zero-order valence-electron chi connectivity index (χ0n) is 35.8. The predicted molar refractivity (Wildman–Crippen MR) is 221 cm³/mol. The Morgan fingerprint density at radius 2 is 0.849 bits per heavy atom. The summed E-state index contributed by atoms with van der Waals surface area (Å²) in [5, 5.41) is 0. The van der Waals surface area contributed by atoms with E-state index < -0.39 is 17.8 Å². The topological polar surface area (TPSA) is 82.1 Å². The van der Waals surface area contributed by atoms with Crippen LogP contribution >= 0.6 is 0 Å². The molecular weight excluding hydrogens is 663 g/mol. The second kappa shape index (κ2) is 33.5. The molecule has 0 bridgehead atoms. The van der Waals surface area contributed by atoms with Gasteiger partial charge in [0.05, 0.1) is 12.6 Å². The molecule has 7 heteroatoms. The third-order valence-corrected chi connectivity index (χ3v) is 10.7. The van der Waals surface area contributed by atoms with E-state index in [-0.39, 0.29) is 31.1 Å². The van der Waals surface area contributed by atoms with E-state index in [1.54, 1.807) is 4.90 Å². The summed E-state index contributed by atoms with van der Waals surface area (Å²) >= 11 is 0. The first-order valence-corrected chi connectivity index (χ1v) is 23.0. The largest absolute Gasteiger partial charge is 0.463 e. The van der Waals surface area contributed by atoms with Crippen LogP contribution in [0.2, 0.25) is 0 Å². The molecule has 0 saturated carbocycles. The Balaban J connectivity index is 2.19. The summed E-state index contributed by atoms with van der Waals surface area (Å²) in [5.41, 5.74) is -0.645. The zero-order chi connectivity index (χ0) is 38.8. The molecule has 53 heavy (non-hydrogen) atoms. The van der Waals surface area contributed by atoms with Gasteiger partial charge in [0.2, 0.25) is 0 Å². The average molecular weight is 750 g/mol. The van der Waals surface area contributed by atoms with E-state index >= 15 is 0 Å². The average Bonchev–Trinajstić information content (AvgIpc) is 3.52. The molecule has 1 amide bonds. The van der Waals surface area contributed by atoms with Gasteiger partial charge in [0.15, 0.2) is 0 Å². The number of rotatable bonds is 35. The van der Waals surface area contributed by atoms with Crippen LogP contribution in [0.25, 0.3) is 0 Å². The first kappa shape index (κ1) is 49.2. The summed E-state index contributed by atoms with van der Waals surface area (Å²) < 4.78 is 17.1. The SMILES string of the molecule is CCCCCCCCCCCCCCCCCC(=O)OC[C@@H]1C[C@@H](OC(=O)CCCCCCCCCCCCCCCCC)CN1C(=O)OC(C)(C)C. The molecule has 0 aromatic rings. The van der Waals surface area contributed by atoms with Gasteiger partial charge in [0, 0.05) is 19.3 Å². The Morgan fingerprint density at radius 3 is 1.21 bits per heavy atom. The zero-order valence-corrected chi connectivity index (χ0v) is 35.8. The molecule has 7 nitrogen and oxygen atoms in total. The van der Waals surface area contributed by atoms with Crippen molar-refractivity contribution >= 4 is 18.0 Å². The number of hydrogen-bond donors (Lipinski definition) is 0. The maximum atomic E-state index is 13.0. The Morgan fingerprint density at radius 1 is 0.509 bits per heavy atom. The number of carbonyl (C=O) groups excluding carboxylic acids is 3. The van der Waals surface area contributed by atoms with E-state index in [2.05, 4.69) is 13.8 Å². The molecule has 0 N–H and O–H groups in total. The summed E-state index contributed by atoms with van der Waals surface area (Å²) in [5.74, 6) is -0.433. The van der Waals surface area contributed by atoms with Gasteiger partial charge in [-0.1, -0.05) is 194 Å². The van der Waals surface area contributed by atoms with Crippen LogP contribution in [0.4, 0.5) is 4.79 Å². The lowest BCUT2D eigenvalue weighted by atomic mass is 10.0. The molecule has 0 spiro atoms. The molecule has 312 valence electrons. The lowest BCUT2D eigenvalue weighted by Gasteiger charge is -2.28. The molecule has 1 aliphatic rings. The highest BCUT2D eigenvalue weighted by Crippen LogP contribution is 2.25. The van der Waals surface area contributed by atoms with Gasteiger partial charge >= 0.3 is 18.0 Å². The monoisotopic (exact) mass is 750 g/mol. The lowest BCUT2D eigenvalue weighted by molar-refractivity contribution is -0.149. The van der Waals surface area contributed by atoms with Gasteiger partial charge in [0.25, 0.3) is 0 Å². The molecular formula is C46H87NO6. The number of likely N-dealkylation sites (tertiary alicyclic amines) is 1. The van der Waals surface area contributed by atoms with E-state index in [9.17, 15) is 14.4 Å². The van der Waals surface area contributed by atoms with Crippen LogP contribution in [0, 0.1) is 0 Å². The van der Waals surface area contributed by atoms with Crippen molar-refractivity contribution in [2.75, 3.05) is 13.2 Å². The van der Waals surface area contributed by atoms with Gasteiger partial charge < -0.3 is 14.2 Å². The maximum absolute atomic E-state index is 13.0. The van der Waals surface area contributed by atoms with Crippen molar-refractivity contribution in [3.05, 3.63) is 0 Å². The van der Waals surface area contributed by atoms with Crippen molar-refractivity contribution in [1.82, 2.24) is 4.90 Å². The number of ether oxygens (including phenoxy) is 3. The van der Waals surface area contributed by atoms with E-state index in [1.807, 2.05) is 20.8 Å². The smallest absolute Gasteiger partial charge is 0.410 e. The number of hydrogen-bond acceptors (Lipinski definition) is 6. The van der Waals surface area contributed by atoms with Gasteiger partial charge in [-0.05, 0) is 33.6 Å². The Kier molecular flexibility index (Phi) is 31.2. The molecule has 1 fully saturated rings. The second-order valence-corrected chi connectivity index (χ2v) is 17.2. The highest BCUT2D eigenvalue weighted by Gasteiger charge is 2.40. The van der Waals surface area contributed by atoms with Gasteiger partial charge in [-0.25, -0.2) is 4.79 Å². The van der Waals surface area contributed by atoms with Crippen LogP contribution in [0.1, 0.15) is 247 Å². The Hall–Kier alpha value is -1.79. The number of carbonyl (C=O) groups is 3. The summed E-state index contributed by atoms with van der Waals surface area (Å²) in [4.78, 5) is 39.9. The van der Waals surface area contributed by atoms with Crippen LogP contribution in [0.5, 0.6) is 0 Å². The third-order valence-electron chi connectivity index (χ3n) is 10.7. The van der Waals surface area contributed by atoms with Crippen molar-refractivity contribution in [3.63, 3.8) is 0 Å². The first-order valence-electron chi connectivity index (χ1n) is 23.0. The van der Waals surface area contributed by atoms with Gasteiger partial charge in [-0.3, -0.25) is 14.5 Å². The number of esters is 2. The second-order valence-electron chi connectivity index (χ2n) is 17.2. The number of nitrogens with zero attached hydrogens (tertiary/aromatic N) is 1. The van der Waals surface area contributed by atoms with Crippen LogP contribution in [-0.2, 0) is 23.8 Å². The van der Waals surface area contributed by atoms with Crippen LogP contribution in [-0.4, -0.2) is 53.8 Å². The highest BCUT2D eigenvalue weighted by atomic mass is 16.6. The molecule has 2 atom stereocenters. The van der Waals surface area contributed by atoms with Crippen molar-refractivity contribution in [1.29, 1.82) is 0 Å². The summed E-state index contributed by atoms with van der Waals surface area (Å²) in [7, 11) is 0. The van der Waals surface area contributed by atoms with Crippen molar-refractivity contribution in [3.8, 4) is 0 Å². The Labute approximate surface area is 328 Å². The molecule has 0 unspecified atom stereocenters. The molecule has 1 rings (SSSR count). The molecule has 0 aromatic carbocycles. The van der Waals surface area contributed by atoms with Crippen molar-refractivity contribution in [2.24, 2.45) is 0 Å². The quantitative estimate of drug-likeness (QED) is 0.0364. The number of amides is 1. The highest BCUT2D eigenvalue weighted by molar-refractivity contribution is 5.71. The normalized spacial score (nSPS) is 15.9. The van der Waals surface area contributed by atoms with Gasteiger partial charge in [-0.15, -0.1) is 0 Å². The molecule has 0 radical (unpaired) electrons. The third kappa shape index (κ3) is 30.2. The summed E-state index contributed by atoms with van der Waals surface area (Å²) in [6.45, 7) is 10.4. The van der Waals surface area contributed by atoms with Crippen LogP contribution in [0.15, 0.2) is 0 Å². The molecule has 1 aliphatic heterocycles. The summed E-state index contributed by atoms with van der Waals surface area (Å²) in [6, 6.07) is -0.363. The van der Waals surface area contributed by atoms with Gasteiger partial charge in [0.1, 0.15) is 18.3 Å². The van der Waals surface area contributed by atoms with E-state index in [4.69, 9.17) is 14.2 Å². The number of unbranched alkanes of at least 4 members (excludes halogenated alkanes) is 28. The van der Waals surface area contributed by atoms with E-state index in [1.165, 1.54) is 154 Å². The minimum Gasteiger partial charge on any atom is -0.463 e.